The number of nitrogens with one attached hydrogen (secondary N) is 1. The van der Waals surface area contributed by atoms with Crippen LogP contribution in [0.5, 0.6) is 0 Å². The average Bonchev–Trinajstić information content (AvgIpc) is 2.58. The van der Waals surface area contributed by atoms with Gasteiger partial charge in [-0.2, -0.15) is 0 Å². The van der Waals surface area contributed by atoms with Crippen molar-refractivity contribution in [2.45, 2.75) is 5.75 Å². The molecule has 0 saturated carbocycles. The molecule has 0 unspecified atom stereocenters. The molecule has 3 rings (SSSR count). The second kappa shape index (κ2) is 7.43. The molecule has 1 aliphatic rings. The van der Waals surface area contributed by atoms with Crippen molar-refractivity contribution >= 4 is 38.9 Å². The number of anilines is 2. The molecular formula is C17H17ClN2O4S. The monoisotopic (exact) mass is 380 g/mol. The predicted molar refractivity (Wildman–Crippen MR) is 97.3 cm³/mol. The summed E-state index contributed by atoms with van der Waals surface area (Å²) in [6, 6.07) is 13.4. The van der Waals surface area contributed by atoms with Crippen molar-refractivity contribution in [1.29, 1.82) is 0 Å². The van der Waals surface area contributed by atoms with Gasteiger partial charge in [0.25, 0.3) is 5.91 Å². The molecule has 0 atom stereocenters. The zero-order chi connectivity index (χ0) is 17.9. The van der Waals surface area contributed by atoms with E-state index in [0.717, 1.165) is 0 Å². The maximum atomic E-state index is 12.3. The molecule has 25 heavy (non-hydrogen) atoms. The second-order valence-electron chi connectivity index (χ2n) is 5.63. The lowest BCUT2D eigenvalue weighted by molar-refractivity contribution is -0.125. The topological polar surface area (TPSA) is 75.7 Å². The average molecular weight is 381 g/mol. The van der Waals surface area contributed by atoms with Gasteiger partial charge < -0.3 is 9.64 Å². The predicted octanol–water partition coefficient (Wildman–Crippen LogP) is 2.65. The lowest BCUT2D eigenvalue weighted by Gasteiger charge is -2.26. The Hall–Kier alpha value is -2.09. The minimum atomic E-state index is -3.54. The number of hydrogen-bond donors (Lipinski definition) is 1. The lowest BCUT2D eigenvalue weighted by atomic mass is 10.2. The molecule has 0 radical (unpaired) electrons. The maximum absolute atomic E-state index is 12.3. The first kappa shape index (κ1) is 17.7. The Labute approximate surface area is 151 Å². The van der Waals surface area contributed by atoms with Crippen LogP contribution in [-0.2, 0) is 25.3 Å². The van der Waals surface area contributed by atoms with Crippen molar-refractivity contribution in [3.05, 3.63) is 59.1 Å². The Morgan fingerprint density at radius 1 is 1.08 bits per heavy atom. The van der Waals surface area contributed by atoms with Crippen molar-refractivity contribution in [3.63, 3.8) is 0 Å². The first-order valence-electron chi connectivity index (χ1n) is 7.66. The van der Waals surface area contributed by atoms with Crippen molar-refractivity contribution in [2.75, 3.05) is 29.4 Å². The summed E-state index contributed by atoms with van der Waals surface area (Å²) in [5.74, 6) is -0.254. The zero-order valence-electron chi connectivity index (χ0n) is 13.3. The molecule has 0 aromatic heterocycles. The highest BCUT2D eigenvalue weighted by Gasteiger charge is 2.20. The fourth-order valence-corrected chi connectivity index (χ4v) is 3.84. The van der Waals surface area contributed by atoms with E-state index in [1.54, 1.807) is 53.4 Å². The molecule has 1 saturated heterocycles. The van der Waals surface area contributed by atoms with E-state index < -0.39 is 10.0 Å². The van der Waals surface area contributed by atoms with E-state index in [4.69, 9.17) is 16.3 Å². The summed E-state index contributed by atoms with van der Waals surface area (Å²) in [4.78, 5) is 13.4. The number of halogens is 1. The van der Waals surface area contributed by atoms with E-state index in [1.165, 1.54) is 0 Å². The highest BCUT2D eigenvalue weighted by Crippen LogP contribution is 2.21. The molecule has 2 aromatic carbocycles. The van der Waals surface area contributed by atoms with Gasteiger partial charge in [-0.3, -0.25) is 9.52 Å². The molecule has 1 fully saturated rings. The Bertz CT molecular complexity index is 851. The number of carbonyl (C=O) groups excluding carboxylic acids is 1. The molecule has 1 heterocycles. The normalized spacial score (nSPS) is 15.2. The third-order valence-corrected chi connectivity index (χ3v) is 5.22. The van der Waals surface area contributed by atoms with Gasteiger partial charge in [-0.15, -0.1) is 0 Å². The molecule has 2 aromatic rings. The first-order valence-corrected chi connectivity index (χ1v) is 9.69. The zero-order valence-corrected chi connectivity index (χ0v) is 14.9. The van der Waals surface area contributed by atoms with Crippen LogP contribution in [-0.4, -0.2) is 34.1 Å². The van der Waals surface area contributed by atoms with Gasteiger partial charge in [0, 0.05) is 22.9 Å². The van der Waals surface area contributed by atoms with Crippen LogP contribution in [0.2, 0.25) is 5.02 Å². The van der Waals surface area contributed by atoms with Crippen molar-refractivity contribution in [2.24, 2.45) is 0 Å². The number of morpholine rings is 1. The molecule has 0 spiro atoms. The number of ether oxygens (including phenoxy) is 1. The van der Waals surface area contributed by atoms with E-state index in [9.17, 15) is 13.2 Å². The minimum Gasteiger partial charge on any atom is -0.370 e. The number of nitrogens with zero attached hydrogens (tertiary/aromatic N) is 1. The summed E-state index contributed by atoms with van der Waals surface area (Å²) in [6.07, 6.45) is 0. The van der Waals surface area contributed by atoms with Gasteiger partial charge in [0.2, 0.25) is 10.0 Å². The van der Waals surface area contributed by atoms with Crippen LogP contribution in [0.3, 0.4) is 0 Å². The lowest BCUT2D eigenvalue weighted by Crippen LogP contribution is -2.41. The van der Waals surface area contributed by atoms with Crippen LogP contribution in [0.15, 0.2) is 48.5 Å². The minimum absolute atomic E-state index is 0.0650. The van der Waals surface area contributed by atoms with Crippen LogP contribution in [0.4, 0.5) is 11.4 Å². The van der Waals surface area contributed by atoms with Crippen molar-refractivity contribution in [3.8, 4) is 0 Å². The standard InChI is InChI=1S/C17H17ClN2O4S/c18-14-3-1-13(2-4-14)12-25(22,23)19-15-5-7-16(8-6-15)20-9-10-24-11-17(20)21/h1-8,19H,9-12H2. The molecule has 132 valence electrons. The molecule has 1 aliphatic heterocycles. The number of carbonyl (C=O) groups is 1. The fourth-order valence-electron chi connectivity index (χ4n) is 2.52. The van der Waals surface area contributed by atoms with Crippen LogP contribution in [0.25, 0.3) is 0 Å². The van der Waals surface area contributed by atoms with Crippen LogP contribution < -0.4 is 9.62 Å². The van der Waals surface area contributed by atoms with E-state index in [-0.39, 0.29) is 18.3 Å². The van der Waals surface area contributed by atoms with Crippen LogP contribution in [0, 0.1) is 0 Å². The molecule has 8 heteroatoms. The summed E-state index contributed by atoms with van der Waals surface area (Å²) in [5, 5.41) is 0.558. The van der Waals surface area contributed by atoms with Crippen molar-refractivity contribution < 1.29 is 17.9 Å². The number of rotatable bonds is 5. The van der Waals surface area contributed by atoms with Gasteiger partial charge in [0.05, 0.1) is 12.4 Å². The maximum Gasteiger partial charge on any atom is 0.253 e. The molecular weight excluding hydrogens is 364 g/mol. The summed E-state index contributed by atoms with van der Waals surface area (Å²) < 4.78 is 32.2. The van der Waals surface area contributed by atoms with E-state index in [1.807, 2.05) is 0 Å². The summed E-state index contributed by atoms with van der Waals surface area (Å²) >= 11 is 5.80. The van der Waals surface area contributed by atoms with Crippen molar-refractivity contribution in [1.82, 2.24) is 0 Å². The highest BCUT2D eigenvalue weighted by atomic mass is 35.5. The van der Waals surface area contributed by atoms with E-state index >= 15 is 0 Å². The van der Waals surface area contributed by atoms with Crippen LogP contribution in [0.1, 0.15) is 5.56 Å². The van der Waals surface area contributed by atoms with E-state index in [0.29, 0.717) is 35.1 Å². The largest absolute Gasteiger partial charge is 0.370 e. The van der Waals surface area contributed by atoms with Gasteiger partial charge in [0.1, 0.15) is 6.61 Å². The van der Waals surface area contributed by atoms with Gasteiger partial charge in [-0.05, 0) is 42.0 Å². The summed E-state index contributed by atoms with van der Waals surface area (Å²) in [7, 11) is -3.54. The number of sulfonamides is 1. The molecule has 0 aliphatic carbocycles. The Morgan fingerprint density at radius 2 is 1.76 bits per heavy atom. The first-order chi connectivity index (χ1) is 11.9. The third kappa shape index (κ3) is 4.72. The quantitative estimate of drug-likeness (QED) is 0.865. The van der Waals surface area contributed by atoms with Gasteiger partial charge in [0.15, 0.2) is 0 Å². The molecule has 1 amide bonds. The molecule has 0 bridgehead atoms. The molecule has 6 nitrogen and oxygen atoms in total. The Balaban J connectivity index is 1.67. The third-order valence-electron chi connectivity index (χ3n) is 3.71. The van der Waals surface area contributed by atoms with Gasteiger partial charge in [-0.25, -0.2) is 8.42 Å². The molecule has 1 N–H and O–H groups in total. The van der Waals surface area contributed by atoms with Gasteiger partial charge >= 0.3 is 0 Å². The van der Waals surface area contributed by atoms with E-state index in [2.05, 4.69) is 4.72 Å². The fraction of sp³-hybridized carbons (Fsp3) is 0.235. The number of amides is 1. The highest BCUT2D eigenvalue weighted by molar-refractivity contribution is 7.91. The Kier molecular flexibility index (Phi) is 5.27. The smallest absolute Gasteiger partial charge is 0.253 e. The number of hydrogen-bond acceptors (Lipinski definition) is 4. The Morgan fingerprint density at radius 3 is 2.40 bits per heavy atom. The SMILES string of the molecule is O=C1COCCN1c1ccc(NS(=O)(=O)Cc2ccc(Cl)cc2)cc1. The van der Waals surface area contributed by atoms with Gasteiger partial charge in [-0.1, -0.05) is 23.7 Å². The summed E-state index contributed by atoms with van der Waals surface area (Å²) in [5.41, 5.74) is 1.81. The number of benzene rings is 2. The second-order valence-corrected chi connectivity index (χ2v) is 7.79. The van der Waals surface area contributed by atoms with Crippen LogP contribution >= 0.6 is 11.6 Å². The summed E-state index contributed by atoms with van der Waals surface area (Å²) in [6.45, 7) is 1.04.